The fourth-order valence-electron chi connectivity index (χ4n) is 4.69. The van der Waals surface area contributed by atoms with Gasteiger partial charge in [-0.15, -0.1) is 0 Å². The van der Waals surface area contributed by atoms with Gasteiger partial charge in [-0.3, -0.25) is 9.59 Å². The number of H-pyrrole nitrogens is 1. The predicted octanol–water partition coefficient (Wildman–Crippen LogP) is 3.25. The number of ether oxygens (including phenoxy) is 3. The second-order valence-electron chi connectivity index (χ2n) is 8.75. The minimum Gasteiger partial charge on any atom is -0.497 e. The van der Waals surface area contributed by atoms with E-state index in [0.29, 0.717) is 43.8 Å². The zero-order valence-corrected chi connectivity index (χ0v) is 19.4. The number of aromatic nitrogens is 1. The fraction of sp³-hybridized carbons (Fsp3) is 0.346. The number of aromatic amines is 1. The summed E-state index contributed by atoms with van der Waals surface area (Å²) in [6.45, 7) is 1.51. The minimum absolute atomic E-state index is 0.0410. The number of fused-ring (bicyclic) bond motifs is 1. The first-order valence-electron chi connectivity index (χ1n) is 11.7. The molecule has 5 rings (SSSR count). The molecular weight excluding hydrogens is 450 g/mol. The summed E-state index contributed by atoms with van der Waals surface area (Å²) in [5.41, 5.74) is 1.20. The lowest BCUT2D eigenvalue weighted by Gasteiger charge is -2.35. The van der Waals surface area contributed by atoms with Gasteiger partial charge in [0, 0.05) is 36.2 Å². The van der Waals surface area contributed by atoms with E-state index in [4.69, 9.17) is 14.2 Å². The molecule has 1 aromatic heterocycles. The molecule has 9 heteroatoms. The Morgan fingerprint density at radius 2 is 1.77 bits per heavy atom. The Morgan fingerprint density at radius 3 is 2.51 bits per heavy atom. The number of nitrogens with one attached hydrogen (secondary N) is 1. The smallest absolute Gasteiger partial charge is 0.410 e. The van der Waals surface area contributed by atoms with Crippen molar-refractivity contribution in [2.24, 2.45) is 0 Å². The van der Waals surface area contributed by atoms with Crippen LogP contribution in [0.4, 0.5) is 4.79 Å². The Balaban J connectivity index is 1.13. The summed E-state index contributed by atoms with van der Waals surface area (Å²) in [6.07, 6.45) is 2.04. The zero-order valence-electron chi connectivity index (χ0n) is 19.4. The average molecular weight is 478 g/mol. The number of amides is 2. The highest BCUT2D eigenvalue weighted by Gasteiger charge is 2.39. The molecule has 0 spiro atoms. The highest BCUT2D eigenvalue weighted by Crippen LogP contribution is 2.25. The average Bonchev–Trinajstić information content (AvgIpc) is 3.50. The van der Waals surface area contributed by atoms with Crippen molar-refractivity contribution in [3.63, 3.8) is 0 Å². The number of likely N-dealkylation sites (tertiary alicyclic amines) is 1. The van der Waals surface area contributed by atoms with Crippen LogP contribution in [0.5, 0.6) is 11.5 Å². The van der Waals surface area contributed by atoms with Gasteiger partial charge in [-0.2, -0.15) is 0 Å². The molecule has 1 N–H and O–H groups in total. The summed E-state index contributed by atoms with van der Waals surface area (Å²) in [5.74, 6) is 0.385. The third kappa shape index (κ3) is 4.66. The van der Waals surface area contributed by atoms with Crippen molar-refractivity contribution >= 4 is 28.7 Å². The molecule has 0 radical (unpaired) electrons. The molecular formula is C26H27N3O6. The number of rotatable bonds is 7. The molecule has 2 aliphatic rings. The molecule has 1 atom stereocenters. The lowest BCUT2D eigenvalue weighted by Crippen LogP contribution is -2.48. The second kappa shape index (κ2) is 9.69. The Kier molecular flexibility index (Phi) is 6.31. The number of benzene rings is 2. The van der Waals surface area contributed by atoms with Gasteiger partial charge in [-0.05, 0) is 43.2 Å². The van der Waals surface area contributed by atoms with Crippen LogP contribution in [0.2, 0.25) is 0 Å². The largest absolute Gasteiger partial charge is 0.497 e. The highest BCUT2D eigenvalue weighted by atomic mass is 16.6. The second-order valence-corrected chi connectivity index (χ2v) is 8.75. The first-order valence-corrected chi connectivity index (χ1v) is 11.7. The van der Waals surface area contributed by atoms with Gasteiger partial charge in [0.15, 0.2) is 6.10 Å². The molecule has 2 fully saturated rings. The summed E-state index contributed by atoms with van der Waals surface area (Å²) in [4.78, 5) is 44.5. The summed E-state index contributed by atoms with van der Waals surface area (Å²) >= 11 is 0. The first kappa shape index (κ1) is 22.8. The molecule has 0 saturated carbocycles. The van der Waals surface area contributed by atoms with Crippen LogP contribution in [0.15, 0.2) is 54.7 Å². The van der Waals surface area contributed by atoms with E-state index in [1.54, 1.807) is 47.4 Å². The van der Waals surface area contributed by atoms with Crippen LogP contribution in [0.3, 0.4) is 0 Å². The number of hydrogen-bond donors (Lipinski definition) is 1. The molecule has 35 heavy (non-hydrogen) atoms. The number of nitrogens with zero attached hydrogens (tertiary/aromatic N) is 2. The van der Waals surface area contributed by atoms with E-state index in [0.717, 1.165) is 16.7 Å². The summed E-state index contributed by atoms with van der Waals surface area (Å²) < 4.78 is 16.4. The van der Waals surface area contributed by atoms with Crippen LogP contribution in [-0.4, -0.2) is 78.1 Å². The molecule has 2 aromatic carbocycles. The van der Waals surface area contributed by atoms with Crippen molar-refractivity contribution in [1.82, 2.24) is 14.8 Å². The van der Waals surface area contributed by atoms with Gasteiger partial charge in [0.1, 0.15) is 18.1 Å². The normalized spacial score (nSPS) is 18.5. The molecule has 3 heterocycles. The van der Waals surface area contributed by atoms with Gasteiger partial charge in [0.2, 0.25) is 0 Å². The number of para-hydroxylation sites is 1. The van der Waals surface area contributed by atoms with Crippen molar-refractivity contribution in [1.29, 1.82) is 0 Å². The number of Topliss-reactive ketones (excluding diaryl/α,β-unsaturated/α-hetero) is 1. The Labute approximate surface area is 202 Å². The number of hydrogen-bond acceptors (Lipinski definition) is 6. The van der Waals surface area contributed by atoms with Crippen molar-refractivity contribution < 1.29 is 28.6 Å². The Morgan fingerprint density at radius 1 is 1.06 bits per heavy atom. The lowest BCUT2D eigenvalue weighted by molar-refractivity contribution is -0.127. The topological polar surface area (TPSA) is 101 Å². The van der Waals surface area contributed by atoms with E-state index < -0.39 is 11.7 Å². The van der Waals surface area contributed by atoms with Crippen LogP contribution in [0.1, 0.15) is 23.2 Å². The van der Waals surface area contributed by atoms with E-state index in [1.165, 1.54) is 0 Å². The minimum atomic E-state index is -0.516. The van der Waals surface area contributed by atoms with Gasteiger partial charge in [-0.1, -0.05) is 18.2 Å². The fourth-order valence-corrected chi connectivity index (χ4v) is 4.69. The van der Waals surface area contributed by atoms with E-state index in [9.17, 15) is 14.4 Å². The maximum Gasteiger partial charge on any atom is 0.410 e. The number of carbonyl (C=O) groups excluding carboxylic acids is 3. The predicted molar refractivity (Wildman–Crippen MR) is 128 cm³/mol. The maximum absolute atomic E-state index is 12.9. The Bertz CT molecular complexity index is 1230. The van der Waals surface area contributed by atoms with Gasteiger partial charge in [0.25, 0.3) is 11.7 Å². The first-order chi connectivity index (χ1) is 17.0. The van der Waals surface area contributed by atoms with Crippen LogP contribution in [0, 0.1) is 0 Å². The Hall–Kier alpha value is -4.01. The zero-order chi connectivity index (χ0) is 24.4. The summed E-state index contributed by atoms with van der Waals surface area (Å²) in [7, 11) is 1.60. The van der Waals surface area contributed by atoms with Crippen molar-refractivity contribution in [2.75, 3.05) is 33.4 Å². The molecule has 3 aromatic rings. The van der Waals surface area contributed by atoms with Crippen LogP contribution in [-0.2, 0) is 9.53 Å². The number of cyclic esters (lactones) is 1. The van der Waals surface area contributed by atoms with Crippen molar-refractivity contribution in [3.05, 3.63) is 60.3 Å². The van der Waals surface area contributed by atoms with Crippen LogP contribution >= 0.6 is 0 Å². The number of carbonyl (C=O) groups is 3. The van der Waals surface area contributed by atoms with E-state index in [1.807, 2.05) is 24.3 Å². The summed E-state index contributed by atoms with van der Waals surface area (Å²) in [6, 6.07) is 14.6. The molecule has 9 nitrogen and oxygen atoms in total. The lowest BCUT2D eigenvalue weighted by atomic mass is 10.0. The van der Waals surface area contributed by atoms with Gasteiger partial charge in [0.05, 0.1) is 19.2 Å². The van der Waals surface area contributed by atoms with Gasteiger partial charge in [-0.25, -0.2) is 4.79 Å². The molecule has 0 aliphatic carbocycles. The number of methoxy groups -OCH3 is 1. The van der Waals surface area contributed by atoms with Crippen molar-refractivity contribution in [3.8, 4) is 11.5 Å². The van der Waals surface area contributed by atoms with Crippen LogP contribution < -0.4 is 9.47 Å². The van der Waals surface area contributed by atoms with E-state index in [2.05, 4.69) is 4.98 Å². The maximum atomic E-state index is 12.9. The molecule has 0 bridgehead atoms. The summed E-state index contributed by atoms with van der Waals surface area (Å²) in [5, 5.41) is 0.739. The van der Waals surface area contributed by atoms with E-state index >= 15 is 0 Å². The van der Waals surface area contributed by atoms with Crippen molar-refractivity contribution in [2.45, 2.75) is 25.0 Å². The quantitative estimate of drug-likeness (QED) is 0.414. The molecule has 2 amide bonds. The molecule has 2 saturated heterocycles. The SMILES string of the molecule is COc1ccc(OCC2CN(C3CCN(C(=O)C(=O)c4c[nH]c5ccccc45)CC3)C(=O)O2)cc1. The third-order valence-corrected chi connectivity index (χ3v) is 6.62. The highest BCUT2D eigenvalue weighted by molar-refractivity contribution is 6.44. The molecule has 2 aliphatic heterocycles. The van der Waals surface area contributed by atoms with Gasteiger partial charge < -0.3 is 29.0 Å². The third-order valence-electron chi connectivity index (χ3n) is 6.62. The van der Waals surface area contributed by atoms with Gasteiger partial charge >= 0.3 is 6.09 Å². The number of piperidine rings is 1. The van der Waals surface area contributed by atoms with E-state index in [-0.39, 0.29) is 24.8 Å². The molecule has 1 unspecified atom stereocenters. The number of ketones is 1. The monoisotopic (exact) mass is 477 g/mol. The molecule has 182 valence electrons. The van der Waals surface area contributed by atoms with Crippen LogP contribution in [0.25, 0.3) is 10.9 Å². The standard InChI is InChI=1S/C26H27N3O6/c1-33-18-6-8-19(9-7-18)34-16-20-15-29(26(32)35-20)17-10-12-28(13-11-17)25(31)24(30)22-14-27-23-5-3-2-4-21(22)23/h2-9,14,17,20,27H,10-13,15-16H2,1H3.